The van der Waals surface area contributed by atoms with Crippen molar-refractivity contribution in [3.05, 3.63) is 70.4 Å². The van der Waals surface area contributed by atoms with E-state index in [9.17, 15) is 9.59 Å². The lowest BCUT2D eigenvalue weighted by Crippen LogP contribution is -2.47. The number of amides is 2. The van der Waals surface area contributed by atoms with Gasteiger partial charge in [0.25, 0.3) is 11.8 Å². The highest BCUT2D eigenvalue weighted by molar-refractivity contribution is 6.45. The number of morpholine rings is 1. The average molecular weight is 453 g/mol. The smallest absolute Gasteiger partial charge is 0.282 e. The molecule has 5 nitrogen and oxygen atoms in total. The van der Waals surface area contributed by atoms with Crippen molar-refractivity contribution in [3.63, 3.8) is 0 Å². The lowest BCUT2D eigenvalue weighted by molar-refractivity contribution is -0.121. The minimum absolute atomic E-state index is 0.0183. The van der Waals surface area contributed by atoms with Crippen LogP contribution in [-0.4, -0.2) is 42.0 Å². The quantitative estimate of drug-likeness (QED) is 0.613. The van der Waals surface area contributed by atoms with Crippen LogP contribution in [0, 0.1) is 0 Å². The molecule has 0 bridgehead atoms. The number of carbonyl (C=O) groups excluding carboxylic acids is 2. The maximum atomic E-state index is 13.7. The Morgan fingerprint density at radius 3 is 1.97 bits per heavy atom. The molecular formula is C26H29ClN2O3. The Labute approximate surface area is 194 Å². The minimum atomic E-state index is -0.317. The van der Waals surface area contributed by atoms with Crippen molar-refractivity contribution in [2.45, 2.75) is 52.2 Å². The Balaban J connectivity index is 1.78. The maximum absolute atomic E-state index is 13.7. The fourth-order valence-corrected chi connectivity index (χ4v) is 4.52. The average Bonchev–Trinajstić information content (AvgIpc) is 2.97. The highest BCUT2D eigenvalue weighted by atomic mass is 35.5. The van der Waals surface area contributed by atoms with Crippen molar-refractivity contribution in [1.29, 1.82) is 0 Å². The van der Waals surface area contributed by atoms with Crippen LogP contribution in [0.2, 0.25) is 5.02 Å². The van der Waals surface area contributed by atoms with Gasteiger partial charge in [-0.2, -0.15) is 0 Å². The maximum Gasteiger partial charge on any atom is 0.282 e. The highest BCUT2D eigenvalue weighted by Gasteiger charge is 2.43. The van der Waals surface area contributed by atoms with Gasteiger partial charge in [-0.05, 0) is 54.7 Å². The molecule has 6 heteroatoms. The summed E-state index contributed by atoms with van der Waals surface area (Å²) in [6.07, 6.45) is -0.0820. The summed E-state index contributed by atoms with van der Waals surface area (Å²) in [6, 6.07) is 14.7. The van der Waals surface area contributed by atoms with Gasteiger partial charge in [0.1, 0.15) is 5.70 Å². The lowest BCUT2D eigenvalue weighted by Gasteiger charge is -2.37. The molecule has 2 heterocycles. The molecule has 0 radical (unpaired) electrons. The van der Waals surface area contributed by atoms with Crippen molar-refractivity contribution in [3.8, 4) is 0 Å². The molecule has 0 aliphatic carbocycles. The van der Waals surface area contributed by atoms with E-state index >= 15 is 0 Å². The van der Waals surface area contributed by atoms with Gasteiger partial charge in [-0.25, -0.2) is 4.90 Å². The molecule has 168 valence electrons. The molecule has 0 saturated carbocycles. The molecule has 2 aliphatic rings. The number of benzene rings is 2. The van der Waals surface area contributed by atoms with E-state index in [2.05, 4.69) is 20.8 Å². The van der Waals surface area contributed by atoms with Crippen LogP contribution >= 0.6 is 11.6 Å². The van der Waals surface area contributed by atoms with Crippen LogP contribution in [0.1, 0.15) is 45.7 Å². The fraction of sp³-hybridized carbons (Fsp3) is 0.385. The zero-order valence-electron chi connectivity index (χ0n) is 19.2. The number of nitrogens with zero attached hydrogens (tertiary/aromatic N) is 2. The predicted molar refractivity (Wildman–Crippen MR) is 128 cm³/mol. The number of carbonyl (C=O) groups is 2. The van der Waals surface area contributed by atoms with Gasteiger partial charge in [-0.15, -0.1) is 0 Å². The Morgan fingerprint density at radius 2 is 1.44 bits per heavy atom. The van der Waals surface area contributed by atoms with Crippen molar-refractivity contribution < 1.29 is 14.3 Å². The van der Waals surface area contributed by atoms with Crippen molar-refractivity contribution in [2.24, 2.45) is 0 Å². The Hall–Kier alpha value is -2.63. The van der Waals surface area contributed by atoms with E-state index in [1.807, 2.05) is 43.0 Å². The van der Waals surface area contributed by atoms with Crippen molar-refractivity contribution >= 4 is 34.7 Å². The summed E-state index contributed by atoms with van der Waals surface area (Å²) >= 11 is 6.08. The highest BCUT2D eigenvalue weighted by Crippen LogP contribution is 2.37. The number of imide groups is 1. The Kier molecular flexibility index (Phi) is 5.91. The molecule has 2 unspecified atom stereocenters. The van der Waals surface area contributed by atoms with Crippen molar-refractivity contribution in [1.82, 2.24) is 4.90 Å². The van der Waals surface area contributed by atoms with Gasteiger partial charge in [-0.3, -0.25) is 9.59 Å². The summed E-state index contributed by atoms with van der Waals surface area (Å²) < 4.78 is 5.86. The van der Waals surface area contributed by atoms with Gasteiger partial charge in [-0.1, -0.05) is 56.6 Å². The fourth-order valence-electron chi connectivity index (χ4n) is 4.39. The molecule has 0 spiro atoms. The van der Waals surface area contributed by atoms with Crippen LogP contribution < -0.4 is 4.90 Å². The zero-order chi connectivity index (χ0) is 23.2. The number of ether oxygens (including phenoxy) is 1. The third kappa shape index (κ3) is 4.19. The molecule has 32 heavy (non-hydrogen) atoms. The van der Waals surface area contributed by atoms with E-state index in [0.717, 1.165) is 5.56 Å². The van der Waals surface area contributed by atoms with Gasteiger partial charge in [0.05, 0.1) is 23.5 Å². The van der Waals surface area contributed by atoms with E-state index in [0.29, 0.717) is 40.6 Å². The normalized spacial score (nSPS) is 22.2. The zero-order valence-corrected chi connectivity index (χ0v) is 19.9. The molecule has 0 N–H and O–H groups in total. The summed E-state index contributed by atoms with van der Waals surface area (Å²) in [5.74, 6) is -0.618. The van der Waals surface area contributed by atoms with E-state index in [-0.39, 0.29) is 29.4 Å². The molecule has 1 fully saturated rings. The second-order valence-electron chi connectivity index (χ2n) is 9.64. The number of hydrogen-bond donors (Lipinski definition) is 0. The Bertz CT molecular complexity index is 1060. The van der Waals surface area contributed by atoms with Gasteiger partial charge >= 0.3 is 0 Å². The van der Waals surface area contributed by atoms with Crippen LogP contribution in [0.3, 0.4) is 0 Å². The second-order valence-corrected chi connectivity index (χ2v) is 10.1. The molecule has 0 aromatic heterocycles. The van der Waals surface area contributed by atoms with E-state index < -0.39 is 0 Å². The summed E-state index contributed by atoms with van der Waals surface area (Å²) in [5, 5.41) is 0.580. The summed E-state index contributed by atoms with van der Waals surface area (Å²) in [4.78, 5) is 30.6. The lowest BCUT2D eigenvalue weighted by atomic mass is 9.87. The SMILES string of the molecule is CC1CN(C2=C(c3ccc(Cl)cc3)C(=O)N(c3ccc(C(C)(C)C)cc3)C2=O)CC(C)O1. The van der Waals surface area contributed by atoms with Gasteiger partial charge in [0.15, 0.2) is 0 Å². The number of rotatable bonds is 3. The number of hydrogen-bond acceptors (Lipinski definition) is 4. The molecule has 4 rings (SSSR count). The molecular weight excluding hydrogens is 424 g/mol. The first-order chi connectivity index (χ1) is 15.1. The van der Waals surface area contributed by atoms with Gasteiger partial charge in [0.2, 0.25) is 0 Å². The summed E-state index contributed by atoms with van der Waals surface area (Å²) in [6.45, 7) is 11.5. The molecule has 2 aliphatic heterocycles. The van der Waals surface area contributed by atoms with E-state index in [4.69, 9.17) is 16.3 Å². The van der Waals surface area contributed by atoms with Gasteiger partial charge < -0.3 is 9.64 Å². The molecule has 2 aromatic carbocycles. The number of halogens is 1. The van der Waals surface area contributed by atoms with E-state index in [1.54, 1.807) is 24.3 Å². The predicted octanol–water partition coefficient (Wildman–Crippen LogP) is 5.03. The van der Waals surface area contributed by atoms with Crippen LogP contribution in [0.4, 0.5) is 5.69 Å². The molecule has 2 atom stereocenters. The van der Waals surface area contributed by atoms with E-state index in [1.165, 1.54) is 4.90 Å². The third-order valence-electron chi connectivity index (χ3n) is 5.92. The summed E-state index contributed by atoms with van der Waals surface area (Å²) in [5.41, 5.74) is 3.22. The number of anilines is 1. The monoisotopic (exact) mass is 452 g/mol. The molecule has 1 saturated heterocycles. The first kappa shape index (κ1) is 22.6. The third-order valence-corrected chi connectivity index (χ3v) is 6.17. The second kappa shape index (κ2) is 8.38. The Morgan fingerprint density at radius 1 is 0.875 bits per heavy atom. The first-order valence-corrected chi connectivity index (χ1v) is 11.3. The minimum Gasteiger partial charge on any atom is -0.372 e. The van der Waals surface area contributed by atoms with Gasteiger partial charge in [0, 0.05) is 18.1 Å². The topological polar surface area (TPSA) is 49.9 Å². The molecule has 2 amide bonds. The van der Waals surface area contributed by atoms with Crippen LogP contribution in [0.25, 0.3) is 5.57 Å². The van der Waals surface area contributed by atoms with Crippen molar-refractivity contribution in [2.75, 3.05) is 18.0 Å². The largest absolute Gasteiger partial charge is 0.372 e. The first-order valence-electron chi connectivity index (χ1n) is 11.0. The standard InChI is InChI=1S/C26H29ClN2O3/c1-16-14-28(15-17(2)32-16)23-22(18-6-10-20(27)11-7-18)24(30)29(25(23)31)21-12-8-19(9-13-21)26(3,4)5/h6-13,16-17H,14-15H2,1-5H3. The van der Waals surface area contributed by atoms with Crippen LogP contribution in [0.5, 0.6) is 0 Å². The molecule has 2 aromatic rings. The van der Waals surface area contributed by atoms with Crippen LogP contribution in [-0.2, 0) is 19.7 Å². The van der Waals surface area contributed by atoms with Crippen LogP contribution in [0.15, 0.2) is 54.2 Å². The summed E-state index contributed by atoms with van der Waals surface area (Å²) in [7, 11) is 0.